The highest BCUT2D eigenvalue weighted by Gasteiger charge is 2.26. The van der Waals surface area contributed by atoms with Gasteiger partial charge < -0.3 is 19.3 Å². The first-order valence-corrected chi connectivity index (χ1v) is 7.50. The standard InChI is InChI=1S/C16H26N2O3/c1-16(2,20)13-10-12-11-17(3)8-6-14(12)18(15(13)19)7-5-9-21-4/h10,20H,5-9,11H2,1-4H3. The molecule has 118 valence electrons. The quantitative estimate of drug-likeness (QED) is 0.826. The molecule has 0 bridgehead atoms. The summed E-state index contributed by atoms with van der Waals surface area (Å²) in [6.45, 7) is 6.39. The van der Waals surface area contributed by atoms with E-state index in [-0.39, 0.29) is 5.56 Å². The lowest BCUT2D eigenvalue weighted by Gasteiger charge is -2.30. The maximum absolute atomic E-state index is 12.7. The predicted octanol–water partition coefficient (Wildman–Crippen LogP) is 1.10. The summed E-state index contributed by atoms with van der Waals surface area (Å²) in [5.41, 5.74) is 1.56. The first-order chi connectivity index (χ1) is 9.84. The van der Waals surface area contributed by atoms with Crippen LogP contribution in [0.3, 0.4) is 0 Å². The number of aromatic nitrogens is 1. The number of nitrogens with zero attached hydrogens (tertiary/aromatic N) is 2. The van der Waals surface area contributed by atoms with Gasteiger partial charge in [-0.1, -0.05) is 0 Å². The van der Waals surface area contributed by atoms with Crippen LogP contribution in [-0.2, 0) is 29.8 Å². The summed E-state index contributed by atoms with van der Waals surface area (Å²) in [7, 11) is 3.74. The molecule has 0 radical (unpaired) electrons. The minimum absolute atomic E-state index is 0.0677. The lowest BCUT2D eigenvalue weighted by atomic mass is 9.94. The zero-order valence-corrected chi connectivity index (χ0v) is 13.5. The van der Waals surface area contributed by atoms with Crippen LogP contribution in [0.1, 0.15) is 37.1 Å². The molecule has 5 heteroatoms. The number of hydrogen-bond acceptors (Lipinski definition) is 4. The normalized spacial score (nSPS) is 16.0. The number of aliphatic hydroxyl groups is 1. The SMILES string of the molecule is COCCCn1c2c(cc(C(C)(C)O)c1=O)CN(C)CC2. The van der Waals surface area contributed by atoms with Crippen LogP contribution in [0, 0.1) is 0 Å². The highest BCUT2D eigenvalue weighted by molar-refractivity contribution is 5.31. The molecule has 0 spiro atoms. The second-order valence-electron chi connectivity index (χ2n) is 6.38. The average molecular weight is 294 g/mol. The van der Waals surface area contributed by atoms with Crippen molar-refractivity contribution in [1.29, 1.82) is 0 Å². The van der Waals surface area contributed by atoms with Gasteiger partial charge in [0.2, 0.25) is 0 Å². The third kappa shape index (κ3) is 3.54. The monoisotopic (exact) mass is 294 g/mol. The molecular weight excluding hydrogens is 268 g/mol. The molecule has 1 aromatic rings. The molecule has 2 heterocycles. The largest absolute Gasteiger partial charge is 0.386 e. The van der Waals surface area contributed by atoms with Crippen LogP contribution in [0.2, 0.25) is 0 Å². The fourth-order valence-electron chi connectivity index (χ4n) is 2.90. The summed E-state index contributed by atoms with van der Waals surface area (Å²) in [5.74, 6) is 0. The minimum atomic E-state index is -1.12. The number of methoxy groups -OCH3 is 1. The second-order valence-corrected chi connectivity index (χ2v) is 6.38. The third-order valence-corrected chi connectivity index (χ3v) is 4.05. The average Bonchev–Trinajstić information content (AvgIpc) is 2.39. The topological polar surface area (TPSA) is 54.7 Å². The maximum atomic E-state index is 12.7. The molecule has 21 heavy (non-hydrogen) atoms. The Kier molecular flexibility index (Phi) is 4.86. The number of rotatable bonds is 5. The number of likely N-dealkylation sites (N-methyl/N-ethyl adjacent to an activating group) is 1. The first-order valence-electron chi connectivity index (χ1n) is 7.50. The van der Waals surface area contributed by atoms with Crippen LogP contribution < -0.4 is 5.56 Å². The number of fused-ring (bicyclic) bond motifs is 1. The molecule has 0 saturated heterocycles. The van der Waals surface area contributed by atoms with E-state index in [1.54, 1.807) is 21.0 Å². The molecule has 1 N–H and O–H groups in total. The van der Waals surface area contributed by atoms with E-state index in [4.69, 9.17) is 4.74 Å². The highest BCUT2D eigenvalue weighted by Crippen LogP contribution is 2.23. The molecule has 0 aliphatic carbocycles. The van der Waals surface area contributed by atoms with Crippen molar-refractivity contribution >= 4 is 0 Å². The predicted molar refractivity (Wildman–Crippen MR) is 82.5 cm³/mol. The van der Waals surface area contributed by atoms with Gasteiger partial charge in [-0.3, -0.25) is 4.79 Å². The van der Waals surface area contributed by atoms with Crippen LogP contribution in [0.15, 0.2) is 10.9 Å². The summed E-state index contributed by atoms with van der Waals surface area (Å²) in [5, 5.41) is 10.3. The fraction of sp³-hybridized carbons (Fsp3) is 0.688. The van der Waals surface area contributed by atoms with Gasteiger partial charge in [-0.05, 0) is 38.9 Å². The van der Waals surface area contributed by atoms with Crippen LogP contribution >= 0.6 is 0 Å². The third-order valence-electron chi connectivity index (χ3n) is 4.05. The molecule has 5 nitrogen and oxygen atoms in total. The van der Waals surface area contributed by atoms with Gasteiger partial charge in [-0.15, -0.1) is 0 Å². The fourth-order valence-corrected chi connectivity index (χ4v) is 2.90. The van der Waals surface area contributed by atoms with Crippen molar-refractivity contribution in [2.75, 3.05) is 27.3 Å². The molecule has 0 aromatic carbocycles. The van der Waals surface area contributed by atoms with Gasteiger partial charge in [0.25, 0.3) is 5.56 Å². The summed E-state index contributed by atoms with van der Waals surface area (Å²) in [4.78, 5) is 14.9. The highest BCUT2D eigenvalue weighted by atomic mass is 16.5. The van der Waals surface area contributed by atoms with Crippen molar-refractivity contribution < 1.29 is 9.84 Å². The van der Waals surface area contributed by atoms with Gasteiger partial charge in [0.05, 0.1) is 5.60 Å². The van der Waals surface area contributed by atoms with E-state index in [9.17, 15) is 9.90 Å². The van der Waals surface area contributed by atoms with Crippen LogP contribution in [0.4, 0.5) is 0 Å². The molecule has 1 aliphatic heterocycles. The van der Waals surface area contributed by atoms with Gasteiger partial charge in [0.15, 0.2) is 0 Å². The van der Waals surface area contributed by atoms with E-state index in [1.165, 1.54) is 0 Å². The molecule has 0 unspecified atom stereocenters. The molecule has 0 amide bonds. The Hall–Kier alpha value is -1.17. The van der Waals surface area contributed by atoms with Crippen LogP contribution in [-0.4, -0.2) is 41.9 Å². The van der Waals surface area contributed by atoms with Crippen molar-refractivity contribution in [3.05, 3.63) is 33.2 Å². The number of hydrogen-bond donors (Lipinski definition) is 1. The van der Waals surface area contributed by atoms with Crippen molar-refractivity contribution in [2.24, 2.45) is 0 Å². The summed E-state index contributed by atoms with van der Waals surface area (Å²) >= 11 is 0. The Balaban J connectivity index is 2.49. The molecule has 1 aromatic heterocycles. The molecule has 1 aliphatic rings. The Morgan fingerprint density at radius 1 is 1.43 bits per heavy atom. The van der Waals surface area contributed by atoms with E-state index in [0.717, 1.165) is 37.2 Å². The smallest absolute Gasteiger partial charge is 0.256 e. The van der Waals surface area contributed by atoms with Gasteiger partial charge in [-0.25, -0.2) is 0 Å². The van der Waals surface area contributed by atoms with Gasteiger partial charge in [-0.2, -0.15) is 0 Å². The van der Waals surface area contributed by atoms with Crippen LogP contribution in [0.5, 0.6) is 0 Å². The summed E-state index contributed by atoms with van der Waals surface area (Å²) in [6.07, 6.45) is 1.67. The van der Waals surface area contributed by atoms with Crippen molar-refractivity contribution in [3.8, 4) is 0 Å². The maximum Gasteiger partial charge on any atom is 0.256 e. The lowest BCUT2D eigenvalue weighted by molar-refractivity contribution is 0.0760. The number of ether oxygens (including phenoxy) is 1. The zero-order valence-electron chi connectivity index (χ0n) is 13.5. The first kappa shape index (κ1) is 16.2. The summed E-state index contributed by atoms with van der Waals surface area (Å²) < 4.78 is 6.93. The molecular formula is C16H26N2O3. The second kappa shape index (κ2) is 6.30. The van der Waals surface area contributed by atoms with Gasteiger partial charge in [0, 0.05) is 51.0 Å². The van der Waals surface area contributed by atoms with Gasteiger partial charge in [0.1, 0.15) is 0 Å². The Labute approximate surface area is 126 Å². The summed E-state index contributed by atoms with van der Waals surface area (Å²) in [6, 6.07) is 1.89. The zero-order chi connectivity index (χ0) is 15.6. The van der Waals surface area contributed by atoms with Crippen LogP contribution in [0.25, 0.3) is 0 Å². The Morgan fingerprint density at radius 2 is 2.14 bits per heavy atom. The molecule has 0 fully saturated rings. The minimum Gasteiger partial charge on any atom is -0.386 e. The molecule has 0 atom stereocenters. The number of pyridine rings is 1. The van der Waals surface area contributed by atoms with E-state index >= 15 is 0 Å². The molecule has 2 rings (SSSR count). The Bertz CT molecular complexity index is 558. The van der Waals surface area contributed by atoms with E-state index in [2.05, 4.69) is 11.9 Å². The van der Waals surface area contributed by atoms with Crippen molar-refractivity contribution in [3.63, 3.8) is 0 Å². The lowest BCUT2D eigenvalue weighted by Crippen LogP contribution is -2.38. The van der Waals surface area contributed by atoms with E-state index in [1.807, 2.05) is 10.6 Å². The van der Waals surface area contributed by atoms with Crippen molar-refractivity contribution in [2.45, 2.75) is 45.4 Å². The van der Waals surface area contributed by atoms with E-state index in [0.29, 0.717) is 18.7 Å². The van der Waals surface area contributed by atoms with E-state index < -0.39 is 5.60 Å². The Morgan fingerprint density at radius 3 is 2.76 bits per heavy atom. The van der Waals surface area contributed by atoms with Crippen molar-refractivity contribution in [1.82, 2.24) is 9.47 Å². The van der Waals surface area contributed by atoms with Gasteiger partial charge >= 0.3 is 0 Å². The molecule has 0 saturated carbocycles.